The van der Waals surface area contributed by atoms with Crippen molar-refractivity contribution in [3.8, 4) is 0 Å². The van der Waals surface area contributed by atoms with Crippen LogP contribution in [0.15, 0.2) is 95.0 Å². The molecule has 6 nitrogen and oxygen atoms in total. The molecule has 0 radical (unpaired) electrons. The van der Waals surface area contributed by atoms with Gasteiger partial charge in [-0.25, -0.2) is 9.40 Å². The third kappa shape index (κ3) is 4.77. The number of amidine groups is 1. The Bertz CT molecular complexity index is 1260. The molecule has 0 aliphatic carbocycles. The van der Waals surface area contributed by atoms with E-state index < -0.39 is 5.25 Å². The van der Waals surface area contributed by atoms with Crippen LogP contribution in [0.2, 0.25) is 0 Å². The molecule has 2 unspecified atom stereocenters. The van der Waals surface area contributed by atoms with Crippen molar-refractivity contribution in [1.29, 1.82) is 0 Å². The second kappa shape index (κ2) is 9.61. The molecule has 0 fully saturated rings. The minimum Gasteiger partial charge on any atom is -0.326 e. The van der Waals surface area contributed by atoms with Gasteiger partial charge in [0, 0.05) is 18.5 Å². The number of nitrogens with one attached hydrogen (secondary N) is 1. The van der Waals surface area contributed by atoms with Crippen molar-refractivity contribution >= 4 is 40.1 Å². The first-order valence-corrected chi connectivity index (χ1v) is 11.8. The summed E-state index contributed by atoms with van der Waals surface area (Å²) in [7, 11) is 0. The lowest BCUT2D eigenvalue weighted by Crippen LogP contribution is -2.25. The molecule has 2 aliphatic rings. The normalized spacial score (nSPS) is 19.7. The summed E-state index contributed by atoms with van der Waals surface area (Å²) in [5.41, 5.74) is 3.32. The van der Waals surface area contributed by atoms with Gasteiger partial charge in [0.2, 0.25) is 5.91 Å². The Morgan fingerprint density at radius 3 is 2.38 bits per heavy atom. The minimum atomic E-state index is -0.611. The van der Waals surface area contributed by atoms with Gasteiger partial charge in [0.05, 0.1) is 11.8 Å². The summed E-state index contributed by atoms with van der Waals surface area (Å²) < 4.78 is 13.4. The molecule has 1 N–H and O–H groups in total. The number of halogens is 1. The predicted molar refractivity (Wildman–Crippen MR) is 132 cm³/mol. The monoisotopic (exact) mass is 472 g/mol. The number of anilines is 1. The van der Waals surface area contributed by atoms with E-state index in [0.29, 0.717) is 17.3 Å². The molecule has 0 saturated carbocycles. The number of hydrazone groups is 1. The highest BCUT2D eigenvalue weighted by Crippen LogP contribution is 2.38. The van der Waals surface area contributed by atoms with Gasteiger partial charge in [0.15, 0.2) is 5.17 Å². The molecule has 5 rings (SSSR count). The molecule has 3 aromatic rings. The molecule has 34 heavy (non-hydrogen) atoms. The number of nitrogens with zero attached hydrogens (tertiary/aromatic N) is 3. The van der Waals surface area contributed by atoms with Gasteiger partial charge >= 0.3 is 0 Å². The van der Waals surface area contributed by atoms with Crippen LogP contribution in [0.4, 0.5) is 10.1 Å². The first-order valence-electron chi connectivity index (χ1n) is 10.9. The summed E-state index contributed by atoms with van der Waals surface area (Å²) >= 11 is 1.25. The molecule has 2 amide bonds. The van der Waals surface area contributed by atoms with Gasteiger partial charge in [-0.2, -0.15) is 10.1 Å². The molecule has 0 aromatic heterocycles. The van der Waals surface area contributed by atoms with Crippen LogP contribution in [-0.2, 0) is 9.59 Å². The summed E-state index contributed by atoms with van der Waals surface area (Å²) in [6, 6.07) is 25.0. The van der Waals surface area contributed by atoms with E-state index in [9.17, 15) is 14.0 Å². The Morgan fingerprint density at radius 1 is 1.00 bits per heavy atom. The van der Waals surface area contributed by atoms with Crippen LogP contribution in [0, 0.1) is 5.82 Å². The van der Waals surface area contributed by atoms with Gasteiger partial charge in [0.1, 0.15) is 11.1 Å². The molecule has 170 valence electrons. The van der Waals surface area contributed by atoms with E-state index in [0.717, 1.165) is 16.8 Å². The summed E-state index contributed by atoms with van der Waals surface area (Å²) in [6.07, 6.45) is 0.604. The van der Waals surface area contributed by atoms with Crippen molar-refractivity contribution in [2.75, 3.05) is 5.32 Å². The Balaban J connectivity index is 1.35. The molecular formula is C26H21FN4O2S. The topological polar surface area (TPSA) is 74.1 Å². The maximum atomic E-state index is 13.4. The molecule has 0 saturated heterocycles. The zero-order chi connectivity index (χ0) is 23.5. The third-order valence-electron chi connectivity index (χ3n) is 5.63. The van der Waals surface area contributed by atoms with Gasteiger partial charge in [-0.1, -0.05) is 72.4 Å². The summed E-state index contributed by atoms with van der Waals surface area (Å²) in [5, 5.41) is 9.19. The maximum absolute atomic E-state index is 13.4. The lowest BCUT2D eigenvalue weighted by atomic mass is 9.99. The first kappa shape index (κ1) is 22.0. The number of amides is 2. The third-order valence-corrected chi connectivity index (χ3v) is 6.77. The van der Waals surface area contributed by atoms with Gasteiger partial charge < -0.3 is 5.32 Å². The van der Waals surface area contributed by atoms with E-state index in [1.807, 2.05) is 48.5 Å². The number of para-hydroxylation sites is 1. The van der Waals surface area contributed by atoms with E-state index >= 15 is 0 Å². The van der Waals surface area contributed by atoms with E-state index in [1.54, 1.807) is 29.3 Å². The number of benzene rings is 3. The number of carbonyl (C=O) groups is 2. The average molecular weight is 473 g/mol. The van der Waals surface area contributed by atoms with Crippen molar-refractivity contribution in [3.05, 3.63) is 102 Å². The van der Waals surface area contributed by atoms with Crippen molar-refractivity contribution < 1.29 is 14.0 Å². The average Bonchev–Trinajstić information content (AvgIpc) is 3.45. The highest BCUT2D eigenvalue weighted by molar-refractivity contribution is 8.15. The number of carbonyl (C=O) groups excluding carboxylic acids is 2. The van der Waals surface area contributed by atoms with Gasteiger partial charge in [0.25, 0.3) is 5.91 Å². The van der Waals surface area contributed by atoms with E-state index in [2.05, 4.69) is 10.3 Å². The molecule has 0 bridgehead atoms. The fourth-order valence-corrected chi connectivity index (χ4v) is 5.01. The number of thioether (sulfide) groups is 1. The van der Waals surface area contributed by atoms with Crippen LogP contribution in [0.25, 0.3) is 0 Å². The van der Waals surface area contributed by atoms with E-state index in [-0.39, 0.29) is 30.1 Å². The van der Waals surface area contributed by atoms with Crippen molar-refractivity contribution in [2.24, 2.45) is 10.1 Å². The van der Waals surface area contributed by atoms with E-state index in [4.69, 9.17) is 5.10 Å². The van der Waals surface area contributed by atoms with Crippen molar-refractivity contribution in [3.63, 3.8) is 0 Å². The Kier molecular flexibility index (Phi) is 6.22. The summed E-state index contributed by atoms with van der Waals surface area (Å²) in [4.78, 5) is 29.4. The van der Waals surface area contributed by atoms with Crippen molar-refractivity contribution in [1.82, 2.24) is 5.01 Å². The fraction of sp³-hybridized carbons (Fsp3) is 0.154. The number of rotatable bonds is 5. The molecule has 2 atom stereocenters. The van der Waals surface area contributed by atoms with Crippen LogP contribution >= 0.6 is 11.8 Å². The van der Waals surface area contributed by atoms with Gasteiger partial charge in [-0.15, -0.1) is 0 Å². The fourth-order valence-electron chi connectivity index (χ4n) is 3.94. The molecular weight excluding hydrogens is 451 g/mol. The molecule has 8 heteroatoms. The van der Waals surface area contributed by atoms with Crippen LogP contribution in [0.1, 0.15) is 30.0 Å². The molecule has 0 spiro atoms. The zero-order valence-electron chi connectivity index (χ0n) is 18.1. The van der Waals surface area contributed by atoms with Crippen LogP contribution in [-0.4, -0.2) is 33.0 Å². The van der Waals surface area contributed by atoms with Crippen LogP contribution in [0.3, 0.4) is 0 Å². The predicted octanol–water partition coefficient (Wildman–Crippen LogP) is 5.00. The van der Waals surface area contributed by atoms with Crippen molar-refractivity contribution in [2.45, 2.75) is 24.1 Å². The SMILES string of the molecule is O=C(CC1SC(N2N=C(c3ccc(F)cc3)CC2c2ccccc2)=NC1=O)Nc1ccccc1. The maximum Gasteiger partial charge on any atom is 0.262 e. The standard InChI is InChI=1S/C26H21FN4O2S/c27-19-13-11-17(12-14-19)21-15-22(18-7-3-1-4-8-18)31(30-21)26-29-25(33)23(34-26)16-24(32)28-20-9-5-2-6-10-20/h1-14,22-23H,15-16H2,(H,28,32). The zero-order valence-corrected chi connectivity index (χ0v) is 18.9. The highest BCUT2D eigenvalue weighted by Gasteiger charge is 2.39. The van der Waals surface area contributed by atoms with Gasteiger partial charge in [-0.05, 0) is 35.4 Å². The minimum absolute atomic E-state index is 0.0176. The second-order valence-electron chi connectivity index (χ2n) is 7.99. The Labute approximate surface area is 200 Å². The highest BCUT2D eigenvalue weighted by atomic mass is 32.2. The number of aliphatic imine (C=N–C) groups is 1. The second-order valence-corrected chi connectivity index (χ2v) is 9.16. The lowest BCUT2D eigenvalue weighted by molar-refractivity contribution is -0.121. The van der Waals surface area contributed by atoms with Crippen LogP contribution < -0.4 is 5.32 Å². The summed E-state index contributed by atoms with van der Waals surface area (Å²) in [5.74, 6) is -0.901. The number of hydrogen-bond donors (Lipinski definition) is 1. The molecule has 3 aromatic carbocycles. The lowest BCUT2D eigenvalue weighted by Gasteiger charge is -2.23. The van der Waals surface area contributed by atoms with Crippen LogP contribution in [0.5, 0.6) is 0 Å². The van der Waals surface area contributed by atoms with E-state index in [1.165, 1.54) is 23.9 Å². The summed E-state index contributed by atoms with van der Waals surface area (Å²) in [6.45, 7) is 0. The Morgan fingerprint density at radius 2 is 1.68 bits per heavy atom. The smallest absolute Gasteiger partial charge is 0.262 e. The molecule has 2 aliphatic heterocycles. The quantitative estimate of drug-likeness (QED) is 0.567. The van der Waals surface area contributed by atoms with Gasteiger partial charge in [-0.3, -0.25) is 9.59 Å². The number of hydrogen-bond acceptors (Lipinski definition) is 5. The largest absolute Gasteiger partial charge is 0.326 e. The molecule has 2 heterocycles. The first-order chi connectivity index (χ1) is 16.6. The Hall–Kier alpha value is -3.78.